The summed E-state index contributed by atoms with van der Waals surface area (Å²) >= 11 is 0. The fourth-order valence-corrected chi connectivity index (χ4v) is 10.7. The van der Waals surface area contributed by atoms with Gasteiger partial charge in [0, 0.05) is 13.0 Å². The van der Waals surface area contributed by atoms with Crippen LogP contribution in [0.2, 0.25) is 0 Å². The van der Waals surface area contributed by atoms with Crippen molar-refractivity contribution in [3.05, 3.63) is 23.0 Å². The number of fused-ring (bicyclic) bond motifs is 2. The fraction of sp³-hybridized carbons (Fsp3) is 0.600. The number of aromatic amines is 1. The number of anilines is 2. The van der Waals surface area contributed by atoms with E-state index in [0.29, 0.717) is 0 Å². The van der Waals surface area contributed by atoms with Crippen LogP contribution >= 0.6 is 31.3 Å². The van der Waals surface area contributed by atoms with Crippen LogP contribution in [0.4, 0.5) is 11.9 Å². The minimum atomic E-state index is -6.49. The van der Waals surface area contributed by atoms with Crippen LogP contribution in [0.15, 0.2) is 17.4 Å². The number of aromatic nitrogens is 8. The molecule has 2 fully saturated rings. The quantitative estimate of drug-likeness (QED) is 0.0488. The maximum Gasteiger partial charge on any atom is 0.309 e. The van der Waals surface area contributed by atoms with Crippen LogP contribution in [0.25, 0.3) is 22.3 Å². The summed E-state index contributed by atoms with van der Waals surface area (Å²) < 4.78 is 96.8. The lowest BCUT2D eigenvalue weighted by atomic mass is 10.1. The van der Waals surface area contributed by atoms with E-state index >= 15 is 0 Å². The van der Waals surface area contributed by atoms with E-state index in [4.69, 9.17) is 34.7 Å². The zero-order valence-corrected chi connectivity index (χ0v) is 34.6. The predicted octanol–water partition coefficient (Wildman–Crippen LogP) is -5.09. The van der Waals surface area contributed by atoms with Gasteiger partial charge < -0.3 is 78.7 Å². The van der Waals surface area contributed by atoms with E-state index in [9.17, 15) is 57.9 Å². The van der Waals surface area contributed by atoms with Crippen molar-refractivity contribution in [2.45, 2.75) is 69.0 Å². The normalized spacial score (nSPS) is 28.9. The second kappa shape index (κ2) is 17.1. The van der Waals surface area contributed by atoms with Crippen molar-refractivity contribution in [3.8, 4) is 5.88 Å². The Bertz CT molecular complexity index is 2500. The molecule has 0 bridgehead atoms. The van der Waals surface area contributed by atoms with Gasteiger partial charge in [-0.1, -0.05) is 4.98 Å². The summed E-state index contributed by atoms with van der Waals surface area (Å²) in [6, 6.07) is 0. The smallest absolute Gasteiger partial charge is 0.309 e. The lowest BCUT2D eigenvalue weighted by molar-refractivity contribution is -0.745. The summed E-state index contributed by atoms with van der Waals surface area (Å²) in [4.78, 5) is 80.1. The van der Waals surface area contributed by atoms with E-state index in [1.54, 1.807) is 0 Å². The Balaban J connectivity index is 1.12. The van der Waals surface area contributed by atoms with Crippen molar-refractivity contribution in [3.63, 3.8) is 0 Å². The molecule has 2 aliphatic heterocycles. The minimum Gasteiger partial charge on any atom is -0.856 e. The van der Waals surface area contributed by atoms with Crippen molar-refractivity contribution < 1.29 is 98.6 Å². The third-order valence-electron chi connectivity index (χ3n) is 8.42. The summed E-state index contributed by atoms with van der Waals surface area (Å²) in [7, 11) is -21.5. The molecule has 12 atom stereocenters. The Morgan fingerprint density at radius 3 is 2.15 bits per heavy atom. The first kappa shape index (κ1) is 46.1. The van der Waals surface area contributed by atoms with Crippen LogP contribution in [-0.2, 0) is 66.2 Å². The number of phosphoric acid groups is 4. The van der Waals surface area contributed by atoms with Gasteiger partial charge in [-0.2, -0.15) is 4.98 Å². The third-order valence-corrected chi connectivity index (χ3v) is 13.7. The van der Waals surface area contributed by atoms with Crippen molar-refractivity contribution in [2.24, 2.45) is 7.05 Å². The molecule has 31 nitrogen and oxygen atoms in total. The number of aliphatic hydroxyl groups excluding tert-OH is 2. The van der Waals surface area contributed by atoms with Gasteiger partial charge in [0.1, 0.15) is 36.6 Å². The summed E-state index contributed by atoms with van der Waals surface area (Å²) in [5.74, 6) is -1.57. The van der Waals surface area contributed by atoms with Gasteiger partial charge in [0.25, 0.3) is 42.8 Å². The molecule has 0 aliphatic carbocycles. The minimum absolute atomic E-state index is 0.0437. The molecule has 334 valence electrons. The number of imidazole rings is 2. The number of nitrogens with two attached hydrogens (primary N) is 2. The van der Waals surface area contributed by atoms with Gasteiger partial charge >= 0.3 is 5.65 Å². The number of rotatable bonds is 17. The summed E-state index contributed by atoms with van der Waals surface area (Å²) in [5, 5.41) is 34.4. The van der Waals surface area contributed by atoms with E-state index in [2.05, 4.69) is 42.6 Å². The van der Waals surface area contributed by atoms with Crippen LogP contribution in [0.5, 0.6) is 5.88 Å². The maximum atomic E-state index is 12.7. The molecule has 2 aliphatic rings. The number of aryl methyl sites for hydroxylation is 1. The molecule has 2 saturated heterocycles. The van der Waals surface area contributed by atoms with Gasteiger partial charge in [-0.15, -0.1) is 0 Å². The molecule has 35 heteroatoms. The van der Waals surface area contributed by atoms with E-state index in [1.165, 1.54) is 36.4 Å². The zero-order valence-electron chi connectivity index (χ0n) is 31.0. The molecular formula is C25H34N10O21P4-4. The number of ether oxygens (including phenoxy) is 3. The largest absolute Gasteiger partial charge is 0.856 e. The second-order valence-corrected chi connectivity index (χ2v) is 18.9. The van der Waals surface area contributed by atoms with Crippen molar-refractivity contribution >= 4 is 65.5 Å². The number of hydrogen-bond acceptors (Lipinski definition) is 27. The molecule has 0 radical (unpaired) electrons. The molecule has 4 aromatic rings. The predicted molar refractivity (Wildman–Crippen MR) is 181 cm³/mol. The van der Waals surface area contributed by atoms with Crippen molar-refractivity contribution in [1.82, 2.24) is 34.1 Å². The van der Waals surface area contributed by atoms with Gasteiger partial charge in [-0.25, -0.2) is 23.2 Å². The van der Waals surface area contributed by atoms with Crippen molar-refractivity contribution in [1.29, 1.82) is 0 Å². The third kappa shape index (κ3) is 9.95. The maximum absolute atomic E-state index is 12.7. The highest BCUT2D eigenvalue weighted by Gasteiger charge is 2.50. The van der Waals surface area contributed by atoms with Gasteiger partial charge in [0.2, 0.25) is 12.2 Å². The Morgan fingerprint density at radius 1 is 0.933 bits per heavy atom. The number of aliphatic hydroxyl groups is 2. The van der Waals surface area contributed by atoms with E-state index < -0.39 is 123 Å². The fourth-order valence-electron chi connectivity index (χ4n) is 6.20. The molecule has 6 rings (SSSR count). The highest BCUT2D eigenvalue weighted by atomic mass is 31.3. The van der Waals surface area contributed by atoms with Crippen LogP contribution < -0.4 is 46.3 Å². The van der Waals surface area contributed by atoms with Crippen LogP contribution in [-0.4, -0.2) is 107 Å². The van der Waals surface area contributed by atoms with Gasteiger partial charge in [-0.05, 0) is 13.8 Å². The first-order chi connectivity index (χ1) is 27.8. The monoisotopic (exact) mass is 934 g/mol. The van der Waals surface area contributed by atoms with Crippen LogP contribution in [0, 0.1) is 0 Å². The van der Waals surface area contributed by atoms with Gasteiger partial charge in [-0.3, -0.25) is 37.2 Å². The average Bonchev–Trinajstić information content (AvgIpc) is 3.83. The standard InChI is InChI=1S/C25H38N10O21P4/c1-9(2)53-59(44,45)54-17-11(52-22(15(17)37)34-7-28-12-18(34)29-24(26)31-20(12)38)6-50-58(42,43)56-60(46,47)55-57(40,41)49-5-10-16(48-4)14(36)23(51-10)35-8-33(3)13-19(35)30-25(27)32-21(13)39/h7-11,14-17,22-23,36-37H,5-6H2,1-4H3,(H9-,26,27,29,30,31,32,38,39,40,41,42,43,44,45,46,47)/p-4/t10-,11-,14?,15+,16?,17?,22-,23-/m1/s1. The summed E-state index contributed by atoms with van der Waals surface area (Å²) in [5.41, 5.74) is 9.66. The molecule has 0 aromatic carbocycles. The number of nitrogens with zero attached hydrogens (tertiary/aromatic N) is 7. The Labute approximate surface area is 334 Å². The number of methoxy groups -OCH3 is 1. The topological polar surface area (TPSA) is 457 Å². The average molecular weight is 934 g/mol. The number of nitrogens with one attached hydrogen (secondary N) is 1. The van der Waals surface area contributed by atoms with Crippen molar-refractivity contribution in [2.75, 3.05) is 31.8 Å². The van der Waals surface area contributed by atoms with E-state index in [1.807, 2.05) is 0 Å². The SMILES string of the molecule is COC1C(O)[C@H]([n+]2cn(C)c3c([O-])nc(N)nc32)O[C@@H]1COP(=O)([O-])OP(=O)([O-])OP(=O)([O-])OC[C@H]1O[C@@H](n2cnc3c(=O)[nH]c(N)nc32)[C@@H](O)C1OP(=O)([O-])OC(C)C. The summed E-state index contributed by atoms with van der Waals surface area (Å²) in [6.45, 7) is 0.146. The van der Waals surface area contributed by atoms with Crippen LogP contribution in [0.3, 0.4) is 0 Å². The number of nitrogen functional groups attached to an aromatic ring is 2. The van der Waals surface area contributed by atoms with Gasteiger partial charge in [0.05, 0.1) is 32.7 Å². The first-order valence-corrected chi connectivity index (χ1v) is 22.6. The van der Waals surface area contributed by atoms with Crippen LogP contribution in [0.1, 0.15) is 26.3 Å². The zero-order chi connectivity index (χ0) is 44.3. The highest BCUT2D eigenvalue weighted by molar-refractivity contribution is 7.65. The molecule has 6 heterocycles. The first-order valence-electron chi connectivity index (χ1n) is 16.8. The molecule has 7 N–H and O–H groups in total. The lowest BCUT2D eigenvalue weighted by Gasteiger charge is -2.35. The number of hydrogen-bond donors (Lipinski definition) is 5. The van der Waals surface area contributed by atoms with E-state index in [-0.39, 0.29) is 22.3 Å². The second-order valence-electron chi connectivity index (χ2n) is 13.0. The number of H-pyrrole nitrogens is 1. The Kier molecular flexibility index (Phi) is 13.1. The molecule has 0 amide bonds. The Hall–Kier alpha value is -3.38. The lowest BCUT2D eigenvalue weighted by Crippen LogP contribution is -2.46. The molecule has 60 heavy (non-hydrogen) atoms. The van der Waals surface area contributed by atoms with Gasteiger partial charge in [0.15, 0.2) is 29.2 Å². The number of phosphoric ester groups is 3. The highest BCUT2D eigenvalue weighted by Crippen LogP contribution is 2.63. The molecule has 7 unspecified atom stereocenters. The Morgan fingerprint density at radius 2 is 1.55 bits per heavy atom. The van der Waals surface area contributed by atoms with E-state index in [0.717, 1.165) is 18.0 Å². The summed E-state index contributed by atoms with van der Waals surface area (Å²) in [6.07, 6.45) is -12.4. The molecular weight excluding hydrogens is 900 g/mol. The molecule has 0 saturated carbocycles. The molecule has 0 spiro atoms. The molecule has 4 aromatic heterocycles.